The molecule has 210 valence electrons. The van der Waals surface area contributed by atoms with E-state index in [4.69, 9.17) is 4.84 Å². The Hall–Kier alpha value is -3.92. The van der Waals surface area contributed by atoms with Crippen LogP contribution in [0.25, 0.3) is 0 Å². The van der Waals surface area contributed by atoms with Crippen LogP contribution in [0.15, 0.2) is 96.5 Å². The third kappa shape index (κ3) is 6.53. The van der Waals surface area contributed by atoms with E-state index in [1.54, 1.807) is 18.0 Å². The molecule has 1 saturated heterocycles. The van der Waals surface area contributed by atoms with Gasteiger partial charge in [-0.3, -0.25) is 9.78 Å². The lowest BCUT2D eigenvalue weighted by atomic mass is 10.0. The predicted octanol–water partition coefficient (Wildman–Crippen LogP) is 4.99. The number of nitrogens with one attached hydrogen (secondary N) is 2. The van der Waals surface area contributed by atoms with Gasteiger partial charge >= 0.3 is 0 Å². The maximum absolute atomic E-state index is 13.4. The van der Waals surface area contributed by atoms with Gasteiger partial charge in [-0.15, -0.1) is 11.8 Å². The van der Waals surface area contributed by atoms with Crippen LogP contribution in [0.2, 0.25) is 0 Å². The molecule has 2 aromatic heterocycles. The molecule has 0 aliphatic carbocycles. The lowest BCUT2D eigenvalue weighted by Crippen LogP contribution is -2.43. The van der Waals surface area contributed by atoms with E-state index in [0.717, 1.165) is 73.0 Å². The van der Waals surface area contributed by atoms with E-state index in [-0.39, 0.29) is 11.3 Å². The van der Waals surface area contributed by atoms with Gasteiger partial charge in [-0.2, -0.15) is 0 Å². The van der Waals surface area contributed by atoms with E-state index in [9.17, 15) is 4.79 Å². The molecular formula is C32H34N6O2S. The van der Waals surface area contributed by atoms with Crippen LogP contribution in [0.5, 0.6) is 0 Å². The van der Waals surface area contributed by atoms with E-state index in [1.807, 2.05) is 79.1 Å². The first kappa shape index (κ1) is 27.3. The molecule has 0 spiro atoms. The molecule has 4 aromatic rings. The van der Waals surface area contributed by atoms with Gasteiger partial charge < -0.3 is 24.9 Å². The van der Waals surface area contributed by atoms with Gasteiger partial charge in [0.2, 0.25) is 0 Å². The number of hydrogen-bond acceptors (Lipinski definition) is 7. The molecule has 2 N–H and O–H groups in total. The van der Waals surface area contributed by atoms with Crippen LogP contribution in [0.1, 0.15) is 44.5 Å². The summed E-state index contributed by atoms with van der Waals surface area (Å²) in [7, 11) is 0. The summed E-state index contributed by atoms with van der Waals surface area (Å²) in [6, 6.07) is 23.7. The van der Waals surface area contributed by atoms with Crippen molar-refractivity contribution in [2.24, 2.45) is 5.16 Å². The minimum atomic E-state index is -0.120. The van der Waals surface area contributed by atoms with Crippen molar-refractivity contribution in [1.29, 1.82) is 0 Å². The number of amides is 1. The Labute approximate surface area is 244 Å². The maximum Gasteiger partial charge on any atom is 0.257 e. The first-order valence-corrected chi connectivity index (χ1v) is 15.1. The quantitative estimate of drug-likeness (QED) is 0.160. The summed E-state index contributed by atoms with van der Waals surface area (Å²) in [5.41, 5.74) is 6.14. The zero-order valence-electron chi connectivity index (χ0n) is 22.9. The minimum absolute atomic E-state index is 0.120. The van der Waals surface area contributed by atoms with Crippen molar-refractivity contribution in [2.75, 3.05) is 44.6 Å². The number of rotatable bonds is 10. The molecule has 0 bridgehead atoms. The number of fused-ring (bicyclic) bond motifs is 1. The van der Waals surface area contributed by atoms with Crippen molar-refractivity contribution >= 4 is 29.1 Å². The van der Waals surface area contributed by atoms with E-state index < -0.39 is 0 Å². The number of nitrogens with zero attached hydrogens (tertiary/aromatic N) is 4. The predicted molar refractivity (Wildman–Crippen MR) is 164 cm³/mol. The number of pyridine rings is 1. The Morgan fingerprint density at radius 3 is 2.73 bits per heavy atom. The van der Waals surface area contributed by atoms with Crippen LogP contribution in [0, 0.1) is 0 Å². The summed E-state index contributed by atoms with van der Waals surface area (Å²) in [5.74, 6) is 0.650. The standard InChI is InChI=1S/C32H34N6O2S/c39-31(28-12-17-38-29(28)23-41-32(38)26-10-5-13-34-22-26)35-27-11-4-9-25(21-27)30(24-7-2-1-3-8-24)36-40-20-6-16-37-18-14-33-15-19-37/h1-5,7-13,17,21-22,32-33H,6,14-16,18-20,23H2,(H,35,39). The van der Waals surface area contributed by atoms with Crippen LogP contribution in [-0.4, -0.2) is 65.4 Å². The van der Waals surface area contributed by atoms with E-state index in [1.165, 1.54) is 0 Å². The maximum atomic E-state index is 13.4. The number of carbonyl (C=O) groups excluding carboxylic acids is 1. The molecule has 2 aromatic carbocycles. The van der Waals surface area contributed by atoms with Gasteiger partial charge in [0.15, 0.2) is 0 Å². The first-order chi connectivity index (χ1) is 20.3. The molecule has 1 unspecified atom stereocenters. The summed E-state index contributed by atoms with van der Waals surface area (Å²) in [6.45, 7) is 5.80. The normalized spacial score (nSPS) is 17.3. The molecule has 1 fully saturated rings. The fourth-order valence-electron chi connectivity index (χ4n) is 5.28. The molecule has 1 amide bonds. The highest BCUT2D eigenvalue weighted by molar-refractivity contribution is 7.99. The molecule has 1 atom stereocenters. The van der Waals surface area contributed by atoms with Gasteiger partial charge in [-0.25, -0.2) is 0 Å². The molecule has 4 heterocycles. The Bertz CT molecular complexity index is 1480. The van der Waals surface area contributed by atoms with E-state index >= 15 is 0 Å². The number of benzene rings is 2. The largest absolute Gasteiger partial charge is 0.395 e. The number of oxime groups is 1. The van der Waals surface area contributed by atoms with Gasteiger partial charge in [0, 0.05) is 85.1 Å². The first-order valence-electron chi connectivity index (χ1n) is 14.1. The van der Waals surface area contributed by atoms with Gasteiger partial charge in [0.25, 0.3) is 5.91 Å². The average molecular weight is 567 g/mol. The number of hydrogen-bond donors (Lipinski definition) is 2. The average Bonchev–Trinajstić information content (AvgIpc) is 3.63. The molecule has 2 aliphatic rings. The van der Waals surface area contributed by atoms with Crippen LogP contribution >= 0.6 is 11.8 Å². The van der Waals surface area contributed by atoms with Crippen LogP contribution in [0.4, 0.5) is 5.69 Å². The van der Waals surface area contributed by atoms with E-state index in [2.05, 4.69) is 36.3 Å². The van der Waals surface area contributed by atoms with Crippen molar-refractivity contribution in [3.63, 3.8) is 0 Å². The molecular weight excluding hydrogens is 532 g/mol. The lowest BCUT2D eigenvalue weighted by Gasteiger charge is -2.26. The van der Waals surface area contributed by atoms with Crippen LogP contribution in [-0.2, 0) is 10.6 Å². The fraction of sp³-hybridized carbons (Fsp3) is 0.281. The van der Waals surface area contributed by atoms with Crippen LogP contribution < -0.4 is 10.6 Å². The topological polar surface area (TPSA) is 83.8 Å². The van der Waals surface area contributed by atoms with Crippen molar-refractivity contribution in [3.8, 4) is 0 Å². The molecule has 0 saturated carbocycles. The van der Waals surface area contributed by atoms with Gasteiger partial charge in [-0.1, -0.05) is 53.7 Å². The second kappa shape index (κ2) is 13.2. The minimum Gasteiger partial charge on any atom is -0.395 e. The summed E-state index contributed by atoms with van der Waals surface area (Å²) in [6.07, 6.45) is 6.59. The smallest absolute Gasteiger partial charge is 0.257 e. The highest BCUT2D eigenvalue weighted by Crippen LogP contribution is 2.42. The monoisotopic (exact) mass is 566 g/mol. The number of piperazine rings is 1. The molecule has 6 rings (SSSR count). The third-order valence-corrected chi connectivity index (χ3v) is 8.64. The van der Waals surface area contributed by atoms with Crippen molar-refractivity contribution in [1.82, 2.24) is 19.8 Å². The Morgan fingerprint density at radius 1 is 1.05 bits per heavy atom. The Morgan fingerprint density at radius 2 is 1.90 bits per heavy atom. The summed E-state index contributed by atoms with van der Waals surface area (Å²) in [4.78, 5) is 25.9. The SMILES string of the molecule is O=C(Nc1cccc(C(=NOCCCN2CCNCC2)c2ccccc2)c1)c1ccn2c1CSC2c1cccnc1. The zero-order chi connectivity index (χ0) is 27.9. The highest BCUT2D eigenvalue weighted by atomic mass is 32.2. The Balaban J connectivity index is 1.15. The van der Waals surface area contributed by atoms with Crippen LogP contribution in [0.3, 0.4) is 0 Å². The van der Waals surface area contributed by atoms with Crippen molar-refractivity contribution in [2.45, 2.75) is 17.5 Å². The molecule has 41 heavy (non-hydrogen) atoms. The van der Waals surface area contributed by atoms with E-state index in [0.29, 0.717) is 17.9 Å². The zero-order valence-corrected chi connectivity index (χ0v) is 23.7. The van der Waals surface area contributed by atoms with Crippen molar-refractivity contribution in [3.05, 3.63) is 119 Å². The van der Waals surface area contributed by atoms with Gasteiger partial charge in [-0.05, 0) is 30.7 Å². The number of aromatic nitrogens is 2. The molecule has 8 nitrogen and oxygen atoms in total. The van der Waals surface area contributed by atoms with Gasteiger partial charge in [0.05, 0.1) is 5.56 Å². The third-order valence-electron chi connectivity index (χ3n) is 7.39. The van der Waals surface area contributed by atoms with Gasteiger partial charge in [0.1, 0.15) is 17.7 Å². The highest BCUT2D eigenvalue weighted by Gasteiger charge is 2.28. The fourth-order valence-corrected chi connectivity index (χ4v) is 6.59. The number of carbonyl (C=O) groups is 1. The summed E-state index contributed by atoms with van der Waals surface area (Å²) >= 11 is 1.80. The van der Waals surface area contributed by atoms with Crippen molar-refractivity contribution < 1.29 is 9.63 Å². The molecule has 2 aliphatic heterocycles. The molecule has 9 heteroatoms. The Kier molecular flexibility index (Phi) is 8.75. The second-order valence-corrected chi connectivity index (χ2v) is 11.2. The number of anilines is 1. The summed E-state index contributed by atoms with van der Waals surface area (Å²) < 4.78 is 2.17. The number of thioether (sulfide) groups is 1. The summed E-state index contributed by atoms with van der Waals surface area (Å²) in [5, 5.41) is 11.2. The molecule has 0 radical (unpaired) electrons. The lowest BCUT2D eigenvalue weighted by molar-refractivity contribution is 0.102. The second-order valence-electron chi connectivity index (χ2n) is 10.2.